The van der Waals surface area contributed by atoms with E-state index in [0.717, 1.165) is 18.4 Å². The van der Waals surface area contributed by atoms with Crippen LogP contribution in [0.3, 0.4) is 0 Å². The molecule has 0 heterocycles. The molecule has 1 aromatic carbocycles. The van der Waals surface area contributed by atoms with Crippen molar-refractivity contribution >= 4 is 11.6 Å². The number of hydrogen-bond acceptors (Lipinski definition) is 1. The maximum atomic E-state index is 13.2. The van der Waals surface area contributed by atoms with Gasteiger partial charge in [-0.3, -0.25) is 0 Å². The number of fused-ring (bicyclic) bond motifs is 2. The lowest BCUT2D eigenvalue weighted by Gasteiger charge is -2.51. The van der Waals surface area contributed by atoms with Crippen LogP contribution in [0, 0.1) is 22.6 Å². The molecule has 1 aromatic rings. The molecule has 2 bridgehead atoms. The van der Waals surface area contributed by atoms with Crippen molar-refractivity contribution in [1.82, 2.24) is 0 Å². The van der Waals surface area contributed by atoms with E-state index in [4.69, 9.17) is 11.6 Å². The summed E-state index contributed by atoms with van der Waals surface area (Å²) in [7, 11) is 0. The minimum Gasteiger partial charge on any atom is -0.388 e. The molecule has 0 spiro atoms. The van der Waals surface area contributed by atoms with Crippen LogP contribution >= 0.6 is 11.6 Å². The topological polar surface area (TPSA) is 20.2 Å². The smallest absolute Gasteiger partial charge is 0.124 e. The minimum atomic E-state index is -0.773. The molecule has 1 nitrogen and oxygen atoms in total. The zero-order valence-corrected chi connectivity index (χ0v) is 13.1. The average molecular weight is 297 g/mol. The van der Waals surface area contributed by atoms with E-state index in [0.29, 0.717) is 17.4 Å². The van der Waals surface area contributed by atoms with Crippen LogP contribution in [0.1, 0.15) is 45.6 Å². The third-order valence-electron chi connectivity index (χ3n) is 6.29. The van der Waals surface area contributed by atoms with Gasteiger partial charge in [0, 0.05) is 11.4 Å². The van der Waals surface area contributed by atoms with Crippen molar-refractivity contribution in [3.05, 3.63) is 34.6 Å². The molecule has 1 N–H and O–H groups in total. The van der Waals surface area contributed by atoms with Gasteiger partial charge in [0.25, 0.3) is 0 Å². The molecule has 0 radical (unpaired) electrons. The van der Waals surface area contributed by atoms with E-state index in [1.54, 1.807) is 6.07 Å². The summed E-state index contributed by atoms with van der Waals surface area (Å²) in [4.78, 5) is 0. The lowest BCUT2D eigenvalue weighted by molar-refractivity contribution is -0.141. The van der Waals surface area contributed by atoms with Crippen LogP contribution in [-0.2, 0) is 6.42 Å². The summed E-state index contributed by atoms with van der Waals surface area (Å²) in [6, 6.07) is 4.47. The van der Waals surface area contributed by atoms with Gasteiger partial charge in [-0.25, -0.2) is 4.39 Å². The van der Waals surface area contributed by atoms with Crippen LogP contribution in [0.15, 0.2) is 18.2 Å². The first-order valence-electron chi connectivity index (χ1n) is 7.36. The summed E-state index contributed by atoms with van der Waals surface area (Å²) in [5.41, 5.74) is -0.113. The number of hydrogen-bond donors (Lipinski definition) is 1. The zero-order chi connectivity index (χ0) is 14.8. The van der Waals surface area contributed by atoms with Crippen molar-refractivity contribution in [3.8, 4) is 0 Å². The predicted octanol–water partition coefficient (Wildman–Crippen LogP) is 4.60. The molecular formula is C17H22ClFO. The van der Waals surface area contributed by atoms with Gasteiger partial charge in [-0.1, -0.05) is 38.4 Å². The maximum Gasteiger partial charge on any atom is 0.124 e. The fourth-order valence-electron chi connectivity index (χ4n) is 4.73. The molecule has 0 aliphatic heterocycles. The van der Waals surface area contributed by atoms with Gasteiger partial charge in [-0.2, -0.15) is 0 Å². The molecule has 20 heavy (non-hydrogen) atoms. The molecule has 3 atom stereocenters. The lowest BCUT2D eigenvalue weighted by Crippen LogP contribution is -2.55. The first kappa shape index (κ1) is 14.3. The molecule has 3 heteroatoms. The van der Waals surface area contributed by atoms with Crippen LogP contribution < -0.4 is 0 Å². The van der Waals surface area contributed by atoms with E-state index in [1.807, 2.05) is 0 Å². The van der Waals surface area contributed by atoms with Crippen LogP contribution in [0.25, 0.3) is 0 Å². The third kappa shape index (κ3) is 1.70. The van der Waals surface area contributed by atoms with Crippen LogP contribution in [0.4, 0.5) is 4.39 Å². The molecule has 0 amide bonds. The van der Waals surface area contributed by atoms with Crippen molar-refractivity contribution in [3.63, 3.8) is 0 Å². The second kappa shape index (κ2) is 4.20. The van der Waals surface area contributed by atoms with Crippen molar-refractivity contribution in [2.45, 2.75) is 52.1 Å². The second-order valence-electron chi connectivity index (χ2n) is 7.49. The van der Waals surface area contributed by atoms with Gasteiger partial charge in [0.2, 0.25) is 0 Å². The largest absolute Gasteiger partial charge is 0.388 e. The van der Waals surface area contributed by atoms with Crippen LogP contribution in [0.2, 0.25) is 5.02 Å². The first-order chi connectivity index (χ1) is 9.20. The van der Waals surface area contributed by atoms with Crippen LogP contribution in [0.5, 0.6) is 0 Å². The molecule has 3 rings (SSSR count). The Balaban J connectivity index is 2.00. The summed E-state index contributed by atoms with van der Waals surface area (Å²) in [6.45, 7) is 6.53. The van der Waals surface area contributed by atoms with E-state index < -0.39 is 5.60 Å². The highest BCUT2D eigenvalue weighted by Crippen LogP contribution is 2.68. The second-order valence-corrected chi connectivity index (χ2v) is 7.90. The van der Waals surface area contributed by atoms with E-state index >= 15 is 0 Å². The van der Waals surface area contributed by atoms with E-state index in [-0.39, 0.29) is 16.6 Å². The monoisotopic (exact) mass is 296 g/mol. The van der Waals surface area contributed by atoms with Gasteiger partial charge in [0.15, 0.2) is 0 Å². The fraction of sp³-hybridized carbons (Fsp3) is 0.647. The third-order valence-corrected chi connectivity index (χ3v) is 6.64. The highest BCUT2D eigenvalue weighted by atomic mass is 35.5. The lowest BCUT2D eigenvalue weighted by atomic mass is 9.58. The minimum absolute atomic E-state index is 0.0567. The van der Waals surface area contributed by atoms with Gasteiger partial charge in [0.05, 0.1) is 5.60 Å². The molecule has 0 saturated heterocycles. The summed E-state index contributed by atoms with van der Waals surface area (Å²) in [5.74, 6) is 0.237. The molecule has 0 aromatic heterocycles. The Labute approximate surface area is 125 Å². The van der Waals surface area contributed by atoms with Gasteiger partial charge < -0.3 is 5.11 Å². The quantitative estimate of drug-likeness (QED) is 0.846. The van der Waals surface area contributed by atoms with Gasteiger partial charge >= 0.3 is 0 Å². The number of rotatable bonds is 2. The van der Waals surface area contributed by atoms with Crippen molar-refractivity contribution < 1.29 is 9.50 Å². The molecule has 110 valence electrons. The standard InChI is InChI=1S/C17H22ClFO/c1-15(2)12-6-7-16(3,10-12)17(15,20)9-11-4-5-13(19)8-14(11)18/h4-5,8,12,20H,6-7,9-10H2,1-3H3. The Hall–Kier alpha value is -0.600. The molecule has 2 aliphatic rings. The Morgan fingerprint density at radius 1 is 1.35 bits per heavy atom. The van der Waals surface area contributed by atoms with Crippen molar-refractivity contribution in [2.24, 2.45) is 16.7 Å². The molecule has 2 fully saturated rings. The average Bonchev–Trinajstić information content (AvgIpc) is 2.81. The Morgan fingerprint density at radius 2 is 2.05 bits per heavy atom. The van der Waals surface area contributed by atoms with Gasteiger partial charge in [-0.15, -0.1) is 0 Å². The van der Waals surface area contributed by atoms with E-state index in [9.17, 15) is 9.50 Å². The Kier molecular flexibility index (Phi) is 3.02. The number of aliphatic hydroxyl groups is 1. The van der Waals surface area contributed by atoms with E-state index in [2.05, 4.69) is 20.8 Å². The Bertz CT molecular complexity index is 549. The van der Waals surface area contributed by atoms with Gasteiger partial charge in [0.1, 0.15) is 5.82 Å². The van der Waals surface area contributed by atoms with Crippen LogP contribution in [-0.4, -0.2) is 10.7 Å². The summed E-state index contributed by atoms with van der Waals surface area (Å²) in [6.07, 6.45) is 3.85. The fourth-order valence-corrected chi connectivity index (χ4v) is 4.96. The highest BCUT2D eigenvalue weighted by molar-refractivity contribution is 6.31. The SMILES string of the molecule is CC12CCC(C1)C(C)(C)C2(O)Cc1ccc(F)cc1Cl. The molecule has 2 aliphatic carbocycles. The molecular weight excluding hydrogens is 275 g/mol. The van der Waals surface area contributed by atoms with Crippen molar-refractivity contribution in [1.29, 1.82) is 0 Å². The molecule has 2 saturated carbocycles. The van der Waals surface area contributed by atoms with E-state index in [1.165, 1.54) is 18.6 Å². The van der Waals surface area contributed by atoms with Crippen molar-refractivity contribution in [2.75, 3.05) is 0 Å². The number of halogens is 2. The summed E-state index contributed by atoms with van der Waals surface area (Å²) >= 11 is 6.16. The van der Waals surface area contributed by atoms with Gasteiger partial charge in [-0.05, 0) is 53.7 Å². The maximum absolute atomic E-state index is 13.2. The molecule has 3 unspecified atom stereocenters. The summed E-state index contributed by atoms with van der Waals surface area (Å²) in [5, 5.41) is 11.9. The Morgan fingerprint density at radius 3 is 2.60 bits per heavy atom. The summed E-state index contributed by atoms with van der Waals surface area (Å²) < 4.78 is 13.2. The predicted molar refractivity (Wildman–Crippen MR) is 79.3 cm³/mol. The first-order valence-corrected chi connectivity index (χ1v) is 7.74. The number of benzene rings is 1. The normalized spacial score (nSPS) is 38.4. The zero-order valence-electron chi connectivity index (χ0n) is 12.3. The highest BCUT2D eigenvalue weighted by Gasteiger charge is 2.68.